The van der Waals surface area contributed by atoms with Crippen molar-refractivity contribution in [2.75, 3.05) is 0 Å². The zero-order valence-corrected chi connectivity index (χ0v) is 7.86. The molecule has 0 saturated heterocycles. The van der Waals surface area contributed by atoms with Crippen LogP contribution in [-0.2, 0) is 26.2 Å². The van der Waals surface area contributed by atoms with Crippen LogP contribution < -0.4 is 29.6 Å². The second-order valence-corrected chi connectivity index (χ2v) is 0.848. The normalized spacial score (nSPS) is 4.00. The Morgan fingerprint density at radius 1 is 1.50 bits per heavy atom. The Balaban J connectivity index is -0.0000000150. The van der Waals surface area contributed by atoms with E-state index in [-0.39, 0.29) is 52.7 Å². The van der Waals surface area contributed by atoms with E-state index in [0.717, 1.165) is 0 Å². The molecule has 0 aliphatic carbocycles. The second kappa shape index (κ2) is 9.59. The molecule has 0 amide bonds. The smallest absolute Gasteiger partial charge is 1.00 e. The molecule has 0 aromatic rings. The maximum Gasteiger partial charge on any atom is 1.00 e. The standard InChI is InChI=1S/Na.H2O3Si.Ti.H/c;1-4(2)3;;/h;1-2H;;/q+1;;;-1. The first kappa shape index (κ1) is 15.7. The average molecular weight is 150 g/mol. The zero-order valence-electron chi connectivity index (χ0n) is 4.30. The third-order valence-electron chi connectivity index (χ3n) is 0. The largest absolute Gasteiger partial charge is 1.00 e. The summed E-state index contributed by atoms with van der Waals surface area (Å²) >= 11 is 0. The molecule has 0 radical (unpaired) electrons. The van der Waals surface area contributed by atoms with Gasteiger partial charge in [-0.25, -0.2) is 0 Å². The van der Waals surface area contributed by atoms with E-state index in [2.05, 4.69) is 0 Å². The van der Waals surface area contributed by atoms with E-state index < -0.39 is 9.17 Å². The third kappa shape index (κ3) is 56.4. The molecule has 0 spiro atoms. The molecule has 6 heavy (non-hydrogen) atoms. The fourth-order valence-electron chi connectivity index (χ4n) is 0. The first-order valence-corrected chi connectivity index (χ1v) is 1.95. The van der Waals surface area contributed by atoms with Gasteiger partial charge >= 0.3 is 38.7 Å². The van der Waals surface area contributed by atoms with Crippen molar-refractivity contribution in [2.45, 2.75) is 0 Å². The van der Waals surface area contributed by atoms with Gasteiger partial charge in [-0.2, -0.15) is 0 Å². The molecule has 6 heteroatoms. The molecule has 3 nitrogen and oxygen atoms in total. The van der Waals surface area contributed by atoms with Crippen LogP contribution in [0, 0.1) is 0 Å². The van der Waals surface area contributed by atoms with Crippen molar-refractivity contribution < 1.29 is 66.8 Å². The van der Waals surface area contributed by atoms with Crippen molar-refractivity contribution in [1.29, 1.82) is 0 Å². The summed E-state index contributed by atoms with van der Waals surface area (Å²) in [5.74, 6) is 0. The van der Waals surface area contributed by atoms with Crippen LogP contribution in [0.3, 0.4) is 0 Å². The van der Waals surface area contributed by atoms with E-state index >= 15 is 0 Å². The van der Waals surface area contributed by atoms with Gasteiger partial charge in [0.1, 0.15) is 0 Å². The first-order valence-electron chi connectivity index (χ1n) is 0.651. The molecule has 0 bridgehead atoms. The van der Waals surface area contributed by atoms with E-state index in [1.54, 1.807) is 0 Å². The Morgan fingerprint density at radius 2 is 1.50 bits per heavy atom. The maximum absolute atomic E-state index is 8.74. The van der Waals surface area contributed by atoms with Crippen LogP contribution >= 0.6 is 0 Å². The summed E-state index contributed by atoms with van der Waals surface area (Å²) < 4.78 is 8.74. The van der Waals surface area contributed by atoms with Crippen LogP contribution in [-0.4, -0.2) is 18.8 Å². The minimum Gasteiger partial charge on any atom is -1.00 e. The summed E-state index contributed by atoms with van der Waals surface area (Å²) in [4.78, 5) is 14.3. The van der Waals surface area contributed by atoms with Gasteiger partial charge in [-0.1, -0.05) is 0 Å². The minimum absolute atomic E-state index is 0. The molecule has 0 aromatic carbocycles. The molecular formula is H3NaO3SiTi. The van der Waals surface area contributed by atoms with Gasteiger partial charge in [0.2, 0.25) is 0 Å². The van der Waals surface area contributed by atoms with Crippen molar-refractivity contribution in [3.63, 3.8) is 0 Å². The van der Waals surface area contributed by atoms with Crippen LogP contribution in [0.2, 0.25) is 0 Å². The van der Waals surface area contributed by atoms with Crippen LogP contribution in [0.4, 0.5) is 0 Å². The Kier molecular flexibility index (Phi) is 25.0. The van der Waals surface area contributed by atoms with E-state index in [4.69, 9.17) is 14.1 Å². The summed E-state index contributed by atoms with van der Waals surface area (Å²) in [6.07, 6.45) is 0. The van der Waals surface area contributed by atoms with Gasteiger partial charge in [0.15, 0.2) is 0 Å². The van der Waals surface area contributed by atoms with Crippen molar-refractivity contribution in [2.24, 2.45) is 0 Å². The van der Waals surface area contributed by atoms with E-state index in [1.165, 1.54) is 0 Å². The Bertz CT molecular complexity index is 37.9. The average Bonchev–Trinajstić information content (AvgIpc) is 0.811. The molecule has 0 heterocycles. The van der Waals surface area contributed by atoms with Gasteiger partial charge in [0.05, 0.1) is 0 Å². The Labute approximate surface area is 75.3 Å². The predicted octanol–water partition coefficient (Wildman–Crippen LogP) is -4.50. The van der Waals surface area contributed by atoms with Crippen molar-refractivity contribution in [3.8, 4) is 0 Å². The van der Waals surface area contributed by atoms with Crippen molar-refractivity contribution >= 4 is 9.17 Å². The summed E-state index contributed by atoms with van der Waals surface area (Å²) in [7, 11) is -3.13. The molecule has 0 rings (SSSR count). The van der Waals surface area contributed by atoms with Crippen LogP contribution in [0.15, 0.2) is 0 Å². The quantitative estimate of drug-likeness (QED) is 0.342. The van der Waals surface area contributed by atoms with Gasteiger partial charge in [-0.3, -0.25) is 4.46 Å². The first-order chi connectivity index (χ1) is 1.73. The topological polar surface area (TPSA) is 57.5 Å². The summed E-state index contributed by atoms with van der Waals surface area (Å²) in [5, 5.41) is 0. The number of hydrogen-bond donors (Lipinski definition) is 2. The summed E-state index contributed by atoms with van der Waals surface area (Å²) in [6.45, 7) is 0. The fraction of sp³-hybridized carbons (Fsp3) is 0. The molecule has 30 valence electrons. The van der Waals surface area contributed by atoms with E-state index in [1.807, 2.05) is 0 Å². The molecule has 0 saturated carbocycles. The molecule has 0 atom stereocenters. The molecule has 0 unspecified atom stereocenters. The monoisotopic (exact) mass is 150 g/mol. The third-order valence-corrected chi connectivity index (χ3v) is 0. The molecule has 0 aliphatic rings. The van der Waals surface area contributed by atoms with Gasteiger partial charge in [-0.15, -0.1) is 0 Å². The van der Waals surface area contributed by atoms with Crippen LogP contribution in [0.1, 0.15) is 1.43 Å². The van der Waals surface area contributed by atoms with Gasteiger partial charge in [0, 0.05) is 21.7 Å². The summed E-state index contributed by atoms with van der Waals surface area (Å²) in [5.41, 5.74) is 0. The van der Waals surface area contributed by atoms with E-state index in [9.17, 15) is 0 Å². The van der Waals surface area contributed by atoms with Crippen molar-refractivity contribution in [3.05, 3.63) is 0 Å². The number of rotatable bonds is 0. The predicted molar refractivity (Wildman–Crippen MR) is 12.0 cm³/mol. The van der Waals surface area contributed by atoms with E-state index in [0.29, 0.717) is 0 Å². The molecule has 2 N–H and O–H groups in total. The Morgan fingerprint density at radius 3 is 1.50 bits per heavy atom. The molecule has 0 fully saturated rings. The number of hydrogen-bond acceptors (Lipinski definition) is 1. The molecular weight excluding hydrogens is 147 g/mol. The van der Waals surface area contributed by atoms with Crippen LogP contribution in [0.5, 0.6) is 0 Å². The van der Waals surface area contributed by atoms with Gasteiger partial charge in [-0.05, 0) is 0 Å². The minimum atomic E-state index is -3.13. The fourth-order valence-corrected chi connectivity index (χ4v) is 0. The molecule has 0 aromatic heterocycles. The maximum atomic E-state index is 8.74. The van der Waals surface area contributed by atoms with Gasteiger partial charge < -0.3 is 11.0 Å². The van der Waals surface area contributed by atoms with Crippen molar-refractivity contribution in [1.82, 2.24) is 0 Å². The van der Waals surface area contributed by atoms with Crippen LogP contribution in [0.25, 0.3) is 0 Å². The summed E-state index contributed by atoms with van der Waals surface area (Å²) in [6, 6.07) is 0. The Hall–Kier alpha value is 1.33. The second-order valence-electron chi connectivity index (χ2n) is 0.283. The van der Waals surface area contributed by atoms with Gasteiger partial charge in [0.25, 0.3) is 0 Å². The zero-order chi connectivity index (χ0) is 3.58. The molecule has 0 aliphatic heterocycles. The SMILES string of the molecule is O=[Si](O)O.[H-].[Na+].[Ti].